The van der Waals surface area contributed by atoms with Crippen LogP contribution >= 0.6 is 0 Å². The van der Waals surface area contributed by atoms with Crippen LogP contribution in [0.4, 0.5) is 0 Å². The maximum absolute atomic E-state index is 12.9. The van der Waals surface area contributed by atoms with Crippen molar-refractivity contribution in [1.29, 1.82) is 0 Å². The number of allylic oxidation sites excluding steroid dienone is 18. The van der Waals surface area contributed by atoms with Gasteiger partial charge in [-0.1, -0.05) is 252 Å². The number of unbranched alkanes of at least 4 members (excludes halogenated alkanes) is 25. The Hall–Kier alpha value is -4.05. The molecule has 0 radical (unpaired) electrons. The molecule has 452 valence electrons. The summed E-state index contributed by atoms with van der Waals surface area (Å²) in [5, 5.41) is 9.72. The quantitative estimate of drug-likeness (QED) is 0.0211. The van der Waals surface area contributed by atoms with Gasteiger partial charge in [0.05, 0.1) is 34.4 Å². The summed E-state index contributed by atoms with van der Waals surface area (Å²) in [6.45, 7) is 4.76. The Kier molecular flexibility index (Phi) is 57.0. The summed E-state index contributed by atoms with van der Waals surface area (Å²) < 4.78 is 22.9. The van der Waals surface area contributed by atoms with Crippen molar-refractivity contribution < 1.29 is 42.9 Å². The lowest BCUT2D eigenvalue weighted by atomic mass is 10.0. The Balaban J connectivity index is 4.19. The van der Waals surface area contributed by atoms with E-state index in [4.69, 9.17) is 18.9 Å². The van der Waals surface area contributed by atoms with Crippen molar-refractivity contribution in [3.63, 3.8) is 0 Å². The fourth-order valence-electron chi connectivity index (χ4n) is 8.61. The predicted octanol–water partition coefficient (Wildman–Crippen LogP) is 19.5. The zero-order valence-electron chi connectivity index (χ0n) is 51.5. The van der Waals surface area contributed by atoms with Crippen molar-refractivity contribution in [1.82, 2.24) is 0 Å². The van der Waals surface area contributed by atoms with Crippen LogP contribution in [-0.4, -0.2) is 87.4 Å². The second-order valence-electron chi connectivity index (χ2n) is 22.3. The van der Waals surface area contributed by atoms with Crippen LogP contribution in [0.5, 0.6) is 0 Å². The fourth-order valence-corrected chi connectivity index (χ4v) is 8.61. The van der Waals surface area contributed by atoms with Gasteiger partial charge in [0.1, 0.15) is 13.2 Å². The van der Waals surface area contributed by atoms with Crippen molar-refractivity contribution in [3.8, 4) is 0 Å². The van der Waals surface area contributed by atoms with Gasteiger partial charge in [0, 0.05) is 12.8 Å². The highest BCUT2D eigenvalue weighted by atomic mass is 16.7. The van der Waals surface area contributed by atoms with Crippen LogP contribution in [0.3, 0.4) is 0 Å². The number of carboxylic acids is 1. The van der Waals surface area contributed by atoms with E-state index in [1.807, 2.05) is 21.1 Å². The van der Waals surface area contributed by atoms with Gasteiger partial charge in [-0.15, -0.1) is 0 Å². The first-order chi connectivity index (χ1) is 38.6. The summed E-state index contributed by atoms with van der Waals surface area (Å²) in [6.07, 6.45) is 80.3. The number of hydrogen-bond acceptors (Lipinski definition) is 7. The van der Waals surface area contributed by atoms with Gasteiger partial charge in [-0.3, -0.25) is 9.59 Å². The Morgan fingerprint density at radius 1 is 0.392 bits per heavy atom. The molecular weight excluding hydrogens is 983 g/mol. The van der Waals surface area contributed by atoms with Crippen LogP contribution in [0.25, 0.3) is 0 Å². The molecule has 9 nitrogen and oxygen atoms in total. The first-order valence-corrected chi connectivity index (χ1v) is 32.1. The molecule has 2 atom stereocenters. The van der Waals surface area contributed by atoms with Gasteiger partial charge in [-0.25, -0.2) is 4.79 Å². The van der Waals surface area contributed by atoms with Gasteiger partial charge >= 0.3 is 17.9 Å². The van der Waals surface area contributed by atoms with E-state index in [0.29, 0.717) is 23.9 Å². The van der Waals surface area contributed by atoms with E-state index in [0.717, 1.165) is 96.3 Å². The highest BCUT2D eigenvalue weighted by Crippen LogP contribution is 2.16. The Labute approximate surface area is 485 Å². The van der Waals surface area contributed by atoms with Crippen LogP contribution < -0.4 is 0 Å². The number of ether oxygens (including phenoxy) is 4. The molecule has 0 aliphatic rings. The summed E-state index contributed by atoms with van der Waals surface area (Å²) in [4.78, 5) is 37.5. The molecule has 0 aliphatic carbocycles. The maximum atomic E-state index is 12.9. The van der Waals surface area contributed by atoms with E-state index < -0.39 is 24.3 Å². The number of carbonyl (C=O) groups excluding carboxylic acids is 2. The van der Waals surface area contributed by atoms with Crippen LogP contribution in [0.1, 0.15) is 258 Å². The molecule has 79 heavy (non-hydrogen) atoms. The lowest BCUT2D eigenvalue weighted by Crippen LogP contribution is -2.40. The molecule has 0 saturated carbocycles. The monoisotopic (exact) mass is 1100 g/mol. The lowest BCUT2D eigenvalue weighted by Gasteiger charge is -2.25. The number of hydrogen-bond donors (Lipinski definition) is 1. The fraction of sp³-hybridized carbons (Fsp3) is 0.700. The van der Waals surface area contributed by atoms with Crippen LogP contribution in [0, 0.1) is 0 Å². The van der Waals surface area contributed by atoms with E-state index in [-0.39, 0.29) is 32.2 Å². The number of esters is 2. The Bertz CT molecular complexity index is 1660. The number of rotatable bonds is 58. The number of quaternary nitrogens is 1. The largest absolute Gasteiger partial charge is 0.477 e. The first-order valence-electron chi connectivity index (χ1n) is 32.1. The third kappa shape index (κ3) is 61.4. The number of carbonyl (C=O) groups is 3. The predicted molar refractivity (Wildman–Crippen MR) is 336 cm³/mol. The van der Waals surface area contributed by atoms with Crippen molar-refractivity contribution in [3.05, 3.63) is 109 Å². The number of likely N-dealkylation sites (N-methyl/N-ethyl adjacent to an activating group) is 1. The molecule has 0 amide bonds. The lowest BCUT2D eigenvalue weighted by molar-refractivity contribution is -0.870. The third-order valence-electron chi connectivity index (χ3n) is 13.5. The van der Waals surface area contributed by atoms with Gasteiger partial charge in [-0.2, -0.15) is 0 Å². The van der Waals surface area contributed by atoms with Gasteiger partial charge in [0.25, 0.3) is 6.29 Å². The topological polar surface area (TPSA) is 108 Å². The molecule has 0 spiro atoms. The minimum absolute atomic E-state index is 0.182. The summed E-state index contributed by atoms with van der Waals surface area (Å²) in [5.74, 6) is -2.01. The molecule has 0 aromatic carbocycles. The minimum Gasteiger partial charge on any atom is -0.477 e. The highest BCUT2D eigenvalue weighted by Gasteiger charge is 2.25. The second-order valence-corrected chi connectivity index (χ2v) is 22.3. The molecule has 1 N–H and O–H groups in total. The Morgan fingerprint density at radius 3 is 1.09 bits per heavy atom. The second kappa shape index (κ2) is 60.1. The van der Waals surface area contributed by atoms with E-state index in [1.54, 1.807) is 0 Å². The zero-order chi connectivity index (χ0) is 57.6. The smallest absolute Gasteiger partial charge is 0.361 e. The minimum atomic E-state index is -1.52. The number of aliphatic carboxylic acids is 1. The summed E-state index contributed by atoms with van der Waals surface area (Å²) in [5.41, 5.74) is 0. The molecule has 0 aromatic heterocycles. The normalized spacial score (nSPS) is 13.5. The molecule has 9 heteroatoms. The maximum Gasteiger partial charge on any atom is 0.361 e. The van der Waals surface area contributed by atoms with Crippen molar-refractivity contribution in [2.75, 3.05) is 47.5 Å². The first kappa shape index (κ1) is 75.0. The average molecular weight is 1100 g/mol. The molecule has 0 aromatic rings. The standard InChI is InChI=1S/C70H119NO8/c1-6-8-10-12-14-16-18-20-22-24-26-27-28-29-30-31-32-33-34-35-36-37-38-39-40-41-43-45-47-49-51-53-55-57-59-61-68(73)79-66(65-78-70(69(74)75)76-63-62-71(3,4)5)64-77-67(72)60-58-56-54-52-50-48-46-44-42-25-23-21-19-17-15-13-11-9-7-2/h8,10,14,16,20-23,26-27,29-30,32-33,35-36,38-39,66,70H,6-7,9,11-13,15,17-19,24-25,28,31,34,37,40-65H2,1-5H3/p+1/b10-8-,16-14-,22-20-,23-21-,27-26-,30-29-,33-32-,36-35-,39-38-. The summed E-state index contributed by atoms with van der Waals surface area (Å²) >= 11 is 0. The third-order valence-corrected chi connectivity index (χ3v) is 13.5. The summed E-state index contributed by atoms with van der Waals surface area (Å²) in [6, 6.07) is 0. The SMILES string of the molecule is CC/C=C\C/C=C\C/C=C\C/C=C\C/C=C\C/C=C\C/C=C\C/C=C\CCCCCCCCCCCCC(=O)OC(COC(=O)CCCCCCCCCCC/C=C\CCCCCCCC)COC(OCC[N+](C)(C)C)C(=O)O. The molecule has 0 aliphatic heterocycles. The van der Waals surface area contributed by atoms with Gasteiger partial charge in [0.15, 0.2) is 6.10 Å². The van der Waals surface area contributed by atoms with Gasteiger partial charge < -0.3 is 28.5 Å². The van der Waals surface area contributed by atoms with Crippen LogP contribution in [-0.2, 0) is 33.3 Å². The van der Waals surface area contributed by atoms with Crippen molar-refractivity contribution in [2.24, 2.45) is 0 Å². The van der Waals surface area contributed by atoms with Crippen LogP contribution in [0.15, 0.2) is 109 Å². The molecule has 0 heterocycles. The van der Waals surface area contributed by atoms with E-state index >= 15 is 0 Å². The molecular formula is C70H120NO8+. The average Bonchev–Trinajstić information content (AvgIpc) is 3.42. The molecule has 0 fully saturated rings. The van der Waals surface area contributed by atoms with Crippen molar-refractivity contribution >= 4 is 17.9 Å². The molecule has 0 rings (SSSR count). The molecule has 0 saturated heterocycles. The van der Waals surface area contributed by atoms with Crippen LogP contribution in [0.2, 0.25) is 0 Å². The molecule has 2 unspecified atom stereocenters. The van der Waals surface area contributed by atoms with Gasteiger partial charge in [-0.05, 0) is 103 Å². The highest BCUT2D eigenvalue weighted by molar-refractivity contribution is 5.71. The summed E-state index contributed by atoms with van der Waals surface area (Å²) in [7, 11) is 5.97. The van der Waals surface area contributed by atoms with E-state index in [1.165, 1.54) is 128 Å². The number of carboxylic acid groups (broad SMARTS) is 1. The van der Waals surface area contributed by atoms with E-state index in [2.05, 4.69) is 123 Å². The van der Waals surface area contributed by atoms with Crippen molar-refractivity contribution in [2.45, 2.75) is 270 Å². The Morgan fingerprint density at radius 2 is 0.722 bits per heavy atom. The number of nitrogens with zero attached hydrogens (tertiary/aromatic N) is 1. The van der Waals surface area contributed by atoms with Gasteiger partial charge in [0.2, 0.25) is 0 Å². The molecule has 0 bridgehead atoms. The zero-order valence-corrected chi connectivity index (χ0v) is 51.5. The van der Waals surface area contributed by atoms with E-state index in [9.17, 15) is 19.5 Å².